The maximum Gasteiger partial charge on any atom is 0.315 e. The number of ether oxygens (including phenoxy) is 1. The number of hydrogen-bond acceptors (Lipinski definition) is 3. The van der Waals surface area contributed by atoms with Crippen LogP contribution in [0, 0.1) is 12.3 Å². The van der Waals surface area contributed by atoms with E-state index in [1.807, 2.05) is 31.2 Å². The number of aliphatic hydroxyl groups is 1. The molecule has 5 nitrogen and oxygen atoms in total. The number of aryl methyl sites for hydroxylation is 1. The molecule has 1 aromatic carbocycles. The van der Waals surface area contributed by atoms with Gasteiger partial charge in [-0.1, -0.05) is 45.0 Å². The minimum atomic E-state index is -0.706. The quantitative estimate of drug-likeness (QED) is 0.755. The van der Waals surface area contributed by atoms with Crippen LogP contribution in [0.2, 0.25) is 0 Å². The molecule has 0 unspecified atom stereocenters. The van der Waals surface area contributed by atoms with Crippen molar-refractivity contribution in [3.8, 4) is 0 Å². The fourth-order valence-corrected chi connectivity index (χ4v) is 2.32. The van der Waals surface area contributed by atoms with Crippen molar-refractivity contribution in [2.45, 2.75) is 39.8 Å². The van der Waals surface area contributed by atoms with Crippen LogP contribution in [0.25, 0.3) is 0 Å². The van der Waals surface area contributed by atoms with Crippen molar-refractivity contribution in [1.82, 2.24) is 10.6 Å². The van der Waals surface area contributed by atoms with Crippen molar-refractivity contribution < 1.29 is 14.6 Å². The Hall–Kier alpha value is -1.59. The molecule has 5 heteroatoms. The average Bonchev–Trinajstić information content (AvgIpc) is 2.43. The summed E-state index contributed by atoms with van der Waals surface area (Å²) in [4.78, 5) is 12.1. The standard InChI is InChI=1S/C17H28N2O3/c1-12-8-6-7-9-14(12)15(17(2,3)4)19-16(21)18-10-13(20)11-22-5/h6-9,13,15,20H,10-11H2,1-5H3,(H2,18,19,21)/t13-,15+/m0/s1. The number of amides is 2. The van der Waals surface area contributed by atoms with E-state index in [1.54, 1.807) is 0 Å². The summed E-state index contributed by atoms with van der Waals surface area (Å²) in [5.41, 5.74) is 2.11. The third-order valence-electron chi connectivity index (χ3n) is 3.50. The normalized spacial score (nSPS) is 14.3. The Kier molecular flexibility index (Phi) is 6.84. The zero-order valence-electron chi connectivity index (χ0n) is 14.1. The van der Waals surface area contributed by atoms with Crippen LogP contribution in [0.4, 0.5) is 4.79 Å². The van der Waals surface area contributed by atoms with Gasteiger partial charge in [0.2, 0.25) is 0 Å². The Morgan fingerprint density at radius 1 is 1.32 bits per heavy atom. The Morgan fingerprint density at radius 2 is 1.95 bits per heavy atom. The van der Waals surface area contributed by atoms with Crippen LogP contribution >= 0.6 is 0 Å². The van der Waals surface area contributed by atoms with E-state index in [9.17, 15) is 9.90 Å². The van der Waals surface area contributed by atoms with Crippen LogP contribution in [-0.4, -0.2) is 37.5 Å². The number of aliphatic hydroxyl groups excluding tert-OH is 1. The Bertz CT molecular complexity index is 483. The second kappa shape index (κ2) is 8.15. The maximum absolute atomic E-state index is 12.1. The molecule has 2 atom stereocenters. The van der Waals surface area contributed by atoms with E-state index in [4.69, 9.17) is 4.74 Å². The third kappa shape index (κ3) is 5.66. The van der Waals surface area contributed by atoms with Gasteiger partial charge < -0.3 is 20.5 Å². The maximum atomic E-state index is 12.1. The molecule has 0 spiro atoms. The lowest BCUT2D eigenvalue weighted by molar-refractivity contribution is 0.0657. The van der Waals surface area contributed by atoms with Gasteiger partial charge in [-0.25, -0.2) is 4.79 Å². The number of hydrogen-bond donors (Lipinski definition) is 3. The molecule has 0 saturated carbocycles. The fourth-order valence-electron chi connectivity index (χ4n) is 2.32. The highest BCUT2D eigenvalue weighted by Crippen LogP contribution is 2.34. The van der Waals surface area contributed by atoms with Crippen LogP contribution in [0.3, 0.4) is 0 Å². The van der Waals surface area contributed by atoms with Crippen molar-refractivity contribution in [3.05, 3.63) is 35.4 Å². The van der Waals surface area contributed by atoms with Crippen LogP contribution in [0.5, 0.6) is 0 Å². The van der Waals surface area contributed by atoms with Crippen molar-refractivity contribution in [2.24, 2.45) is 5.41 Å². The minimum absolute atomic E-state index is 0.117. The molecule has 0 heterocycles. The third-order valence-corrected chi connectivity index (χ3v) is 3.50. The van der Waals surface area contributed by atoms with E-state index in [-0.39, 0.29) is 30.6 Å². The summed E-state index contributed by atoms with van der Waals surface area (Å²) in [5.74, 6) is 0. The number of nitrogens with one attached hydrogen (secondary N) is 2. The van der Waals surface area contributed by atoms with Crippen molar-refractivity contribution in [3.63, 3.8) is 0 Å². The highest BCUT2D eigenvalue weighted by atomic mass is 16.5. The van der Waals surface area contributed by atoms with Crippen LogP contribution in [-0.2, 0) is 4.74 Å². The molecule has 124 valence electrons. The Morgan fingerprint density at radius 3 is 2.50 bits per heavy atom. The lowest BCUT2D eigenvalue weighted by Gasteiger charge is -2.33. The molecule has 0 aliphatic heterocycles. The van der Waals surface area contributed by atoms with Crippen molar-refractivity contribution in [1.29, 1.82) is 0 Å². The molecular weight excluding hydrogens is 280 g/mol. The van der Waals surface area contributed by atoms with Gasteiger partial charge in [0.05, 0.1) is 18.8 Å². The SMILES string of the molecule is COC[C@@H](O)CNC(=O)N[C@H](c1ccccc1C)C(C)(C)C. The van der Waals surface area contributed by atoms with Gasteiger partial charge in [-0.3, -0.25) is 0 Å². The van der Waals surface area contributed by atoms with Gasteiger partial charge in [-0.15, -0.1) is 0 Å². The Labute approximate surface area is 133 Å². The highest BCUT2D eigenvalue weighted by Gasteiger charge is 2.28. The van der Waals surface area contributed by atoms with Gasteiger partial charge in [0, 0.05) is 13.7 Å². The monoisotopic (exact) mass is 308 g/mol. The minimum Gasteiger partial charge on any atom is -0.389 e. The van der Waals surface area contributed by atoms with Crippen LogP contribution in [0.1, 0.15) is 37.9 Å². The van der Waals surface area contributed by atoms with Gasteiger partial charge in [0.25, 0.3) is 0 Å². The van der Waals surface area contributed by atoms with E-state index in [2.05, 4.69) is 31.4 Å². The zero-order valence-corrected chi connectivity index (χ0v) is 14.1. The molecule has 1 rings (SSSR count). The highest BCUT2D eigenvalue weighted by molar-refractivity contribution is 5.74. The molecule has 22 heavy (non-hydrogen) atoms. The number of carbonyl (C=O) groups is 1. The average molecular weight is 308 g/mol. The van der Waals surface area contributed by atoms with Gasteiger partial charge in [0.1, 0.15) is 0 Å². The van der Waals surface area contributed by atoms with E-state index < -0.39 is 6.10 Å². The molecular formula is C17H28N2O3. The summed E-state index contributed by atoms with van der Waals surface area (Å²) in [6.45, 7) is 8.65. The molecule has 3 N–H and O–H groups in total. The van der Waals surface area contributed by atoms with Crippen LogP contribution < -0.4 is 10.6 Å². The molecule has 0 aromatic heterocycles. The number of methoxy groups -OCH3 is 1. The number of urea groups is 1. The first-order valence-electron chi connectivity index (χ1n) is 7.52. The summed E-state index contributed by atoms with van der Waals surface area (Å²) in [7, 11) is 1.51. The first-order chi connectivity index (χ1) is 10.3. The summed E-state index contributed by atoms with van der Waals surface area (Å²) >= 11 is 0. The predicted octanol–water partition coefficient (Wildman–Crippen LogP) is 2.39. The van der Waals surface area contributed by atoms with E-state index in [0.717, 1.165) is 11.1 Å². The van der Waals surface area contributed by atoms with E-state index >= 15 is 0 Å². The predicted molar refractivity (Wildman–Crippen MR) is 87.8 cm³/mol. The molecule has 0 bridgehead atoms. The smallest absolute Gasteiger partial charge is 0.315 e. The molecule has 0 fully saturated rings. The first-order valence-corrected chi connectivity index (χ1v) is 7.52. The largest absolute Gasteiger partial charge is 0.389 e. The number of rotatable bonds is 6. The first kappa shape index (κ1) is 18.5. The molecule has 0 aliphatic rings. The summed E-state index contributed by atoms with van der Waals surface area (Å²) in [6, 6.07) is 7.62. The molecule has 2 amide bonds. The van der Waals surface area contributed by atoms with Gasteiger partial charge >= 0.3 is 6.03 Å². The number of benzene rings is 1. The molecule has 0 radical (unpaired) electrons. The second-order valence-electron chi connectivity index (χ2n) is 6.62. The number of carbonyl (C=O) groups excluding carboxylic acids is 1. The van der Waals surface area contributed by atoms with E-state index in [1.165, 1.54) is 7.11 Å². The summed E-state index contributed by atoms with van der Waals surface area (Å²) < 4.78 is 4.83. The topological polar surface area (TPSA) is 70.6 Å². The summed E-state index contributed by atoms with van der Waals surface area (Å²) in [6.07, 6.45) is -0.706. The lowest BCUT2D eigenvalue weighted by atomic mass is 9.81. The van der Waals surface area contributed by atoms with Crippen molar-refractivity contribution >= 4 is 6.03 Å². The van der Waals surface area contributed by atoms with E-state index in [0.29, 0.717) is 0 Å². The Balaban J connectivity index is 2.75. The van der Waals surface area contributed by atoms with Crippen LogP contribution in [0.15, 0.2) is 24.3 Å². The zero-order chi connectivity index (χ0) is 16.8. The molecule has 0 saturated heterocycles. The lowest BCUT2D eigenvalue weighted by Crippen LogP contribution is -2.45. The molecule has 0 aliphatic carbocycles. The molecule has 1 aromatic rings. The second-order valence-corrected chi connectivity index (χ2v) is 6.62. The van der Waals surface area contributed by atoms with Gasteiger partial charge in [0.15, 0.2) is 0 Å². The van der Waals surface area contributed by atoms with Crippen molar-refractivity contribution in [2.75, 3.05) is 20.3 Å². The summed E-state index contributed by atoms with van der Waals surface area (Å²) in [5, 5.41) is 15.3. The van der Waals surface area contributed by atoms with Gasteiger partial charge in [-0.2, -0.15) is 0 Å². The fraction of sp³-hybridized carbons (Fsp3) is 0.588. The van der Waals surface area contributed by atoms with Gasteiger partial charge in [-0.05, 0) is 23.5 Å².